The predicted octanol–water partition coefficient (Wildman–Crippen LogP) is 4.12. The van der Waals surface area contributed by atoms with Crippen LogP contribution >= 0.6 is 11.6 Å². The van der Waals surface area contributed by atoms with E-state index in [2.05, 4.69) is 56.1 Å². The van der Waals surface area contributed by atoms with E-state index in [1.807, 2.05) is 0 Å². The van der Waals surface area contributed by atoms with Gasteiger partial charge in [0.15, 0.2) is 0 Å². The van der Waals surface area contributed by atoms with Crippen LogP contribution in [0.4, 0.5) is 0 Å². The van der Waals surface area contributed by atoms with Crippen molar-refractivity contribution in [1.82, 2.24) is 4.23 Å². The summed E-state index contributed by atoms with van der Waals surface area (Å²) in [5.74, 6) is 7.37. The SMILES string of the molecule is CC(C)(C#CCCCl)N1[Si](C)(C)CC[Si]1(C)C. The summed E-state index contributed by atoms with van der Waals surface area (Å²) in [6.45, 7) is 14.6. The van der Waals surface area contributed by atoms with Crippen molar-refractivity contribution in [2.75, 3.05) is 5.88 Å². The molecule has 1 nitrogen and oxygen atoms in total. The van der Waals surface area contributed by atoms with Crippen molar-refractivity contribution >= 4 is 28.1 Å². The molecule has 0 atom stereocenters. The number of halogens is 1. The maximum Gasteiger partial charge on any atom is 0.116 e. The molecule has 0 aromatic heterocycles. The molecule has 0 aromatic rings. The van der Waals surface area contributed by atoms with Crippen LogP contribution in [-0.2, 0) is 0 Å². The van der Waals surface area contributed by atoms with Crippen LogP contribution in [-0.4, -0.2) is 32.1 Å². The van der Waals surface area contributed by atoms with Crippen LogP contribution in [0.25, 0.3) is 0 Å². The first-order valence-corrected chi connectivity index (χ1v) is 13.3. The Morgan fingerprint density at radius 2 is 1.59 bits per heavy atom. The van der Waals surface area contributed by atoms with E-state index < -0.39 is 16.5 Å². The van der Waals surface area contributed by atoms with Gasteiger partial charge >= 0.3 is 0 Å². The molecular weight excluding hydrogens is 262 g/mol. The summed E-state index contributed by atoms with van der Waals surface area (Å²) in [6, 6.07) is 2.87. The standard InChI is InChI=1S/C13H26ClNSi2/c1-13(2,9-7-8-10-14)15-16(3,4)11-12-17(15,5)6/h8,10-12H2,1-6H3. The maximum absolute atomic E-state index is 5.70. The Bertz CT molecular complexity index is 323. The van der Waals surface area contributed by atoms with Crippen LogP contribution in [0, 0.1) is 11.8 Å². The Morgan fingerprint density at radius 1 is 1.12 bits per heavy atom. The molecular formula is C13H26ClNSi2. The van der Waals surface area contributed by atoms with Crippen LogP contribution in [0.2, 0.25) is 38.3 Å². The lowest BCUT2D eigenvalue weighted by Gasteiger charge is -2.47. The number of nitrogens with zero attached hydrogens (tertiary/aromatic N) is 1. The van der Waals surface area contributed by atoms with E-state index in [1.54, 1.807) is 0 Å². The van der Waals surface area contributed by atoms with E-state index >= 15 is 0 Å². The van der Waals surface area contributed by atoms with Gasteiger partial charge < -0.3 is 4.23 Å². The van der Waals surface area contributed by atoms with Crippen LogP contribution in [0.1, 0.15) is 20.3 Å². The van der Waals surface area contributed by atoms with E-state index in [1.165, 1.54) is 12.1 Å². The molecule has 1 fully saturated rings. The van der Waals surface area contributed by atoms with Crippen LogP contribution in [0.15, 0.2) is 0 Å². The first kappa shape index (κ1) is 15.3. The number of hydrogen-bond donors (Lipinski definition) is 0. The number of rotatable bonds is 2. The first-order valence-electron chi connectivity index (χ1n) is 6.50. The highest BCUT2D eigenvalue weighted by molar-refractivity contribution is 6.95. The molecule has 0 spiro atoms. The Morgan fingerprint density at radius 3 is 2.00 bits per heavy atom. The van der Waals surface area contributed by atoms with Crippen molar-refractivity contribution in [1.29, 1.82) is 0 Å². The van der Waals surface area contributed by atoms with Gasteiger partial charge in [0.2, 0.25) is 0 Å². The molecule has 98 valence electrons. The fourth-order valence-corrected chi connectivity index (χ4v) is 19.4. The van der Waals surface area contributed by atoms with Gasteiger partial charge in [-0.3, -0.25) is 0 Å². The molecule has 1 saturated heterocycles. The number of alkyl halides is 1. The van der Waals surface area contributed by atoms with Crippen LogP contribution < -0.4 is 0 Å². The van der Waals surface area contributed by atoms with E-state index in [9.17, 15) is 0 Å². The molecule has 0 N–H and O–H groups in total. The monoisotopic (exact) mass is 287 g/mol. The van der Waals surface area contributed by atoms with Gasteiger partial charge in [0.25, 0.3) is 0 Å². The number of hydrogen-bond acceptors (Lipinski definition) is 1. The normalized spacial score (nSPS) is 23.2. The van der Waals surface area contributed by atoms with Gasteiger partial charge in [-0.25, -0.2) is 0 Å². The zero-order valence-electron chi connectivity index (χ0n) is 12.2. The third-order valence-corrected chi connectivity index (χ3v) is 14.5. The van der Waals surface area contributed by atoms with E-state index in [0.29, 0.717) is 5.88 Å². The molecule has 1 aliphatic heterocycles. The summed E-state index contributed by atoms with van der Waals surface area (Å²) in [5, 5.41) is 0. The molecule has 1 heterocycles. The Balaban J connectivity index is 3.00. The van der Waals surface area contributed by atoms with Crippen molar-refractivity contribution in [2.24, 2.45) is 0 Å². The molecule has 0 bridgehead atoms. The molecule has 0 unspecified atom stereocenters. The van der Waals surface area contributed by atoms with E-state index in [0.717, 1.165) is 6.42 Å². The molecule has 1 aliphatic rings. The second kappa shape index (κ2) is 5.09. The maximum atomic E-state index is 5.70. The zero-order chi connectivity index (χ0) is 13.3. The summed E-state index contributed by atoms with van der Waals surface area (Å²) in [5.41, 5.74) is 0.0357. The fourth-order valence-electron chi connectivity index (χ4n) is 3.55. The van der Waals surface area contributed by atoms with Gasteiger partial charge in [0.1, 0.15) is 16.5 Å². The minimum Gasteiger partial charge on any atom is -0.331 e. The lowest BCUT2D eigenvalue weighted by Crippen LogP contribution is -2.63. The molecule has 0 saturated carbocycles. The van der Waals surface area contributed by atoms with Crippen molar-refractivity contribution in [2.45, 2.75) is 64.1 Å². The summed E-state index contributed by atoms with van der Waals surface area (Å²) in [7, 11) is -2.48. The second-order valence-electron chi connectivity index (χ2n) is 6.76. The van der Waals surface area contributed by atoms with Crippen LogP contribution in [0.5, 0.6) is 0 Å². The van der Waals surface area contributed by atoms with E-state index in [4.69, 9.17) is 11.6 Å². The molecule has 4 heteroatoms. The Labute approximate surface area is 114 Å². The largest absolute Gasteiger partial charge is 0.331 e. The predicted molar refractivity (Wildman–Crippen MR) is 83.6 cm³/mol. The molecule has 1 rings (SSSR count). The van der Waals surface area contributed by atoms with Gasteiger partial charge in [-0.05, 0) is 25.9 Å². The fraction of sp³-hybridized carbons (Fsp3) is 0.846. The average Bonchev–Trinajstić information content (AvgIpc) is 2.36. The van der Waals surface area contributed by atoms with Gasteiger partial charge in [-0.2, -0.15) is 0 Å². The minimum absolute atomic E-state index is 0.0357. The lowest BCUT2D eigenvalue weighted by atomic mass is 10.1. The Kier molecular flexibility index (Phi) is 4.58. The highest BCUT2D eigenvalue weighted by Crippen LogP contribution is 2.41. The summed E-state index contributed by atoms with van der Waals surface area (Å²) in [4.78, 5) is 0. The van der Waals surface area contributed by atoms with Crippen molar-refractivity contribution in [3.63, 3.8) is 0 Å². The lowest BCUT2D eigenvalue weighted by molar-refractivity contribution is 0.417. The Hall–Kier alpha value is 0.244. The third-order valence-electron chi connectivity index (χ3n) is 3.73. The van der Waals surface area contributed by atoms with Gasteiger partial charge in [-0.15, -0.1) is 17.5 Å². The second-order valence-corrected chi connectivity index (χ2v) is 16.7. The molecule has 0 amide bonds. The van der Waals surface area contributed by atoms with Gasteiger partial charge in [0.05, 0.1) is 5.54 Å². The third kappa shape index (κ3) is 3.38. The summed E-state index contributed by atoms with van der Waals surface area (Å²) in [6.07, 6.45) is 0.808. The van der Waals surface area contributed by atoms with E-state index in [-0.39, 0.29) is 5.54 Å². The molecule has 0 radical (unpaired) electrons. The average molecular weight is 288 g/mol. The summed E-state index contributed by atoms with van der Waals surface area (Å²) >= 11 is 5.70. The topological polar surface area (TPSA) is 3.24 Å². The van der Waals surface area contributed by atoms with Gasteiger partial charge in [0, 0.05) is 12.3 Å². The van der Waals surface area contributed by atoms with Crippen molar-refractivity contribution in [3.8, 4) is 11.8 Å². The molecule has 17 heavy (non-hydrogen) atoms. The van der Waals surface area contributed by atoms with Crippen molar-refractivity contribution in [3.05, 3.63) is 0 Å². The minimum atomic E-state index is -1.24. The summed E-state index contributed by atoms with van der Waals surface area (Å²) < 4.78 is 2.86. The quantitative estimate of drug-likeness (QED) is 0.419. The highest BCUT2D eigenvalue weighted by atomic mass is 35.5. The highest BCUT2D eigenvalue weighted by Gasteiger charge is 2.52. The van der Waals surface area contributed by atoms with Crippen molar-refractivity contribution < 1.29 is 0 Å². The molecule has 0 aromatic carbocycles. The smallest absolute Gasteiger partial charge is 0.116 e. The van der Waals surface area contributed by atoms with Gasteiger partial charge in [-0.1, -0.05) is 32.1 Å². The first-order chi connectivity index (χ1) is 7.63. The van der Waals surface area contributed by atoms with Crippen LogP contribution in [0.3, 0.4) is 0 Å². The molecule has 0 aliphatic carbocycles. The zero-order valence-corrected chi connectivity index (χ0v) is 14.9.